The van der Waals surface area contributed by atoms with Crippen molar-refractivity contribution >= 4 is 16.8 Å². The number of benzene rings is 1. The van der Waals surface area contributed by atoms with E-state index >= 15 is 0 Å². The van der Waals surface area contributed by atoms with E-state index in [9.17, 15) is 4.79 Å². The molecule has 2 heterocycles. The zero-order chi connectivity index (χ0) is 19.0. The number of fused-ring (bicyclic) bond motifs is 1. The number of nitrogens with one attached hydrogen (secondary N) is 1. The summed E-state index contributed by atoms with van der Waals surface area (Å²) in [7, 11) is 1.72. The second kappa shape index (κ2) is 7.33. The Morgan fingerprint density at radius 2 is 2.00 bits per heavy atom. The number of hydrogen-bond acceptors (Lipinski definition) is 4. The predicted octanol–water partition coefficient (Wildman–Crippen LogP) is 3.00. The average molecular weight is 355 g/mol. The largest absolute Gasteiger partial charge is 0.378 e. The minimum atomic E-state index is -0.0405. The van der Waals surface area contributed by atoms with Crippen LogP contribution >= 0.6 is 0 Å². The van der Waals surface area contributed by atoms with Gasteiger partial charge in [-0.05, 0) is 52.3 Å². The second-order valence-electron chi connectivity index (χ2n) is 7.62. The van der Waals surface area contributed by atoms with E-state index in [1.165, 1.54) is 0 Å². The van der Waals surface area contributed by atoms with Crippen molar-refractivity contribution in [1.29, 1.82) is 0 Å². The lowest BCUT2D eigenvalue weighted by Crippen LogP contribution is -2.44. The molecule has 1 fully saturated rings. The molecule has 3 rings (SSSR count). The van der Waals surface area contributed by atoms with E-state index in [0.717, 1.165) is 46.4 Å². The first-order valence-corrected chi connectivity index (χ1v) is 9.27. The Labute approximate surface area is 155 Å². The average Bonchev–Trinajstić information content (AvgIpc) is 2.99. The molecule has 0 radical (unpaired) electrons. The van der Waals surface area contributed by atoms with E-state index in [4.69, 9.17) is 4.74 Å². The number of methoxy groups -OCH3 is 1. The van der Waals surface area contributed by atoms with Crippen LogP contribution in [-0.2, 0) is 4.74 Å². The molecule has 2 aromatic rings. The first-order chi connectivity index (χ1) is 12.3. The number of aryl methyl sites for hydroxylation is 2. The molecular formula is C21H29N3O2. The van der Waals surface area contributed by atoms with Gasteiger partial charge in [0.05, 0.1) is 23.2 Å². The number of carbonyl (C=O) groups is 1. The Morgan fingerprint density at radius 3 is 2.65 bits per heavy atom. The summed E-state index contributed by atoms with van der Waals surface area (Å²) in [5.41, 5.74) is 4.55. The summed E-state index contributed by atoms with van der Waals surface area (Å²) in [4.78, 5) is 20.2. The number of nitrogens with zero attached hydrogens (tertiary/aromatic N) is 2. The highest BCUT2D eigenvalue weighted by Crippen LogP contribution is 2.25. The first kappa shape index (κ1) is 18.8. The number of pyridine rings is 1. The van der Waals surface area contributed by atoms with Gasteiger partial charge >= 0.3 is 0 Å². The number of likely N-dealkylation sites (tertiary alicyclic amines) is 1. The Kier molecular flexibility index (Phi) is 5.30. The van der Waals surface area contributed by atoms with Crippen LogP contribution in [0.3, 0.4) is 0 Å². The highest BCUT2D eigenvalue weighted by atomic mass is 16.5. The molecule has 1 aromatic carbocycles. The Balaban J connectivity index is 1.95. The highest BCUT2D eigenvalue weighted by Gasteiger charge is 2.35. The number of amides is 1. The van der Waals surface area contributed by atoms with Crippen LogP contribution in [-0.4, -0.2) is 54.2 Å². The SMILES string of the molecule is CO[C@@H]1CN(C(C)C)C[C@H]1NC(=O)c1c(C)c(C)nc2ccc(C)cc12. The minimum absolute atomic E-state index is 0.0115. The van der Waals surface area contributed by atoms with Gasteiger partial charge in [-0.3, -0.25) is 14.7 Å². The van der Waals surface area contributed by atoms with E-state index in [1.807, 2.05) is 39.0 Å². The fourth-order valence-electron chi connectivity index (χ4n) is 3.73. The van der Waals surface area contributed by atoms with Crippen LogP contribution in [0.4, 0.5) is 0 Å². The summed E-state index contributed by atoms with van der Waals surface area (Å²) in [6.07, 6.45) is 0.0117. The summed E-state index contributed by atoms with van der Waals surface area (Å²) < 4.78 is 5.63. The minimum Gasteiger partial charge on any atom is -0.378 e. The maximum absolute atomic E-state index is 13.2. The van der Waals surface area contributed by atoms with Gasteiger partial charge in [0.2, 0.25) is 0 Å². The topological polar surface area (TPSA) is 54.5 Å². The van der Waals surface area contributed by atoms with Crippen molar-refractivity contribution in [3.63, 3.8) is 0 Å². The molecule has 5 heteroatoms. The third kappa shape index (κ3) is 3.46. The quantitative estimate of drug-likeness (QED) is 0.916. The molecule has 0 aliphatic carbocycles. The maximum atomic E-state index is 13.2. The van der Waals surface area contributed by atoms with Crippen molar-refractivity contribution in [1.82, 2.24) is 15.2 Å². The smallest absolute Gasteiger partial charge is 0.252 e. The van der Waals surface area contributed by atoms with Crippen molar-refractivity contribution in [2.45, 2.75) is 52.8 Å². The summed E-state index contributed by atoms with van der Waals surface area (Å²) in [6.45, 7) is 12.0. The molecule has 1 aliphatic heterocycles. The maximum Gasteiger partial charge on any atom is 0.252 e. The van der Waals surface area contributed by atoms with Crippen LogP contribution < -0.4 is 5.32 Å². The fourth-order valence-corrected chi connectivity index (χ4v) is 3.73. The highest BCUT2D eigenvalue weighted by molar-refractivity contribution is 6.07. The number of ether oxygens (including phenoxy) is 1. The molecular weight excluding hydrogens is 326 g/mol. The normalized spacial score (nSPS) is 20.9. The van der Waals surface area contributed by atoms with Gasteiger partial charge in [0.25, 0.3) is 5.91 Å². The Bertz CT molecular complexity index is 832. The molecule has 1 amide bonds. The Morgan fingerprint density at radius 1 is 1.27 bits per heavy atom. The van der Waals surface area contributed by atoms with Crippen LogP contribution in [0.2, 0.25) is 0 Å². The van der Waals surface area contributed by atoms with E-state index in [-0.39, 0.29) is 18.1 Å². The van der Waals surface area contributed by atoms with Gasteiger partial charge in [-0.25, -0.2) is 0 Å². The number of aromatic nitrogens is 1. The van der Waals surface area contributed by atoms with Crippen molar-refractivity contribution in [2.75, 3.05) is 20.2 Å². The lowest BCUT2D eigenvalue weighted by molar-refractivity contribution is 0.0753. The molecule has 2 atom stereocenters. The monoisotopic (exact) mass is 355 g/mol. The summed E-state index contributed by atoms with van der Waals surface area (Å²) >= 11 is 0. The van der Waals surface area contributed by atoms with Gasteiger partial charge in [-0.1, -0.05) is 11.6 Å². The van der Waals surface area contributed by atoms with Gasteiger partial charge in [-0.15, -0.1) is 0 Å². The Hall–Kier alpha value is -1.98. The van der Waals surface area contributed by atoms with E-state index in [2.05, 4.69) is 29.0 Å². The molecule has 0 unspecified atom stereocenters. The second-order valence-corrected chi connectivity index (χ2v) is 7.62. The summed E-state index contributed by atoms with van der Waals surface area (Å²) in [5.74, 6) is -0.0405. The molecule has 5 nitrogen and oxygen atoms in total. The van der Waals surface area contributed by atoms with Crippen molar-refractivity contribution in [3.05, 3.63) is 40.6 Å². The summed E-state index contributed by atoms with van der Waals surface area (Å²) in [5, 5.41) is 4.14. The molecule has 1 aromatic heterocycles. The summed E-state index contributed by atoms with van der Waals surface area (Å²) in [6, 6.07) is 6.49. The fraction of sp³-hybridized carbons (Fsp3) is 0.524. The predicted molar refractivity (Wildman–Crippen MR) is 105 cm³/mol. The van der Waals surface area contributed by atoms with Crippen LogP contribution in [0.25, 0.3) is 10.9 Å². The van der Waals surface area contributed by atoms with Crippen LogP contribution in [0.5, 0.6) is 0 Å². The molecule has 1 aliphatic rings. The van der Waals surface area contributed by atoms with Crippen LogP contribution in [0.1, 0.15) is 41.0 Å². The number of carbonyl (C=O) groups excluding carboxylic acids is 1. The molecule has 1 saturated heterocycles. The first-order valence-electron chi connectivity index (χ1n) is 9.27. The van der Waals surface area contributed by atoms with E-state index in [0.29, 0.717) is 6.04 Å². The molecule has 0 spiro atoms. The molecule has 1 N–H and O–H groups in total. The van der Waals surface area contributed by atoms with Gasteiger partial charge in [-0.2, -0.15) is 0 Å². The van der Waals surface area contributed by atoms with Gasteiger partial charge in [0, 0.05) is 37.3 Å². The molecule has 140 valence electrons. The van der Waals surface area contributed by atoms with Crippen molar-refractivity contribution in [2.24, 2.45) is 0 Å². The van der Waals surface area contributed by atoms with E-state index < -0.39 is 0 Å². The molecule has 0 bridgehead atoms. The zero-order valence-electron chi connectivity index (χ0n) is 16.6. The van der Waals surface area contributed by atoms with Gasteiger partial charge in [0.1, 0.15) is 0 Å². The lowest BCUT2D eigenvalue weighted by atomic mass is 9.99. The van der Waals surface area contributed by atoms with E-state index in [1.54, 1.807) is 7.11 Å². The third-order valence-corrected chi connectivity index (χ3v) is 5.50. The zero-order valence-corrected chi connectivity index (χ0v) is 16.6. The third-order valence-electron chi connectivity index (χ3n) is 5.50. The van der Waals surface area contributed by atoms with Crippen LogP contribution in [0.15, 0.2) is 18.2 Å². The number of hydrogen-bond donors (Lipinski definition) is 1. The molecule has 0 saturated carbocycles. The van der Waals surface area contributed by atoms with Gasteiger partial charge < -0.3 is 10.1 Å². The molecule has 26 heavy (non-hydrogen) atoms. The standard InChI is InChI=1S/C21H29N3O2/c1-12(2)24-10-18(19(11-24)26-6)23-21(25)20-14(4)15(5)22-17-8-7-13(3)9-16(17)20/h7-9,12,18-19H,10-11H2,1-6H3,(H,23,25)/t18-,19-/m1/s1. The van der Waals surface area contributed by atoms with Crippen molar-refractivity contribution < 1.29 is 9.53 Å². The van der Waals surface area contributed by atoms with Crippen LogP contribution in [0, 0.1) is 20.8 Å². The lowest BCUT2D eigenvalue weighted by Gasteiger charge is -2.21. The van der Waals surface area contributed by atoms with Crippen molar-refractivity contribution in [3.8, 4) is 0 Å². The van der Waals surface area contributed by atoms with Gasteiger partial charge in [0.15, 0.2) is 0 Å². The number of rotatable bonds is 4.